The molecule has 1 aromatic carbocycles. The van der Waals surface area contributed by atoms with E-state index in [0.717, 1.165) is 5.56 Å². The van der Waals surface area contributed by atoms with Crippen molar-refractivity contribution >= 4 is 10.0 Å². The normalized spacial score (nSPS) is 14.0. The highest BCUT2D eigenvalue weighted by molar-refractivity contribution is 7.88. The molecule has 1 N–H and O–H groups in total. The third-order valence-corrected chi connectivity index (χ3v) is 4.51. The number of rotatable bonds is 7. The molecule has 1 aromatic rings. The molecule has 0 aromatic heterocycles. The number of aliphatic hydroxyl groups excluding tert-OH is 1. The summed E-state index contributed by atoms with van der Waals surface area (Å²) in [4.78, 5) is 1.82. The van der Waals surface area contributed by atoms with E-state index in [9.17, 15) is 13.5 Å². The lowest BCUT2D eigenvalue weighted by atomic mass is 10.2. The van der Waals surface area contributed by atoms with Gasteiger partial charge in [0.1, 0.15) is 0 Å². The highest BCUT2D eigenvalue weighted by Crippen LogP contribution is 2.09. The van der Waals surface area contributed by atoms with Crippen molar-refractivity contribution in [2.75, 3.05) is 34.2 Å². The SMILES string of the molecule is CN(C)CC(O)CN(C)S(=O)(=O)Cc1ccccc1. The predicted octanol–water partition coefficient (Wildman–Crippen LogP) is 0.371. The van der Waals surface area contributed by atoms with Gasteiger partial charge in [0.05, 0.1) is 11.9 Å². The van der Waals surface area contributed by atoms with Crippen LogP contribution in [0.2, 0.25) is 0 Å². The van der Waals surface area contributed by atoms with Gasteiger partial charge in [-0.1, -0.05) is 30.3 Å². The van der Waals surface area contributed by atoms with E-state index in [1.165, 1.54) is 11.4 Å². The molecular formula is C13H22N2O3S. The molecule has 0 heterocycles. The zero-order chi connectivity index (χ0) is 14.5. The van der Waals surface area contributed by atoms with Gasteiger partial charge in [-0.05, 0) is 19.7 Å². The van der Waals surface area contributed by atoms with Crippen LogP contribution in [0, 0.1) is 0 Å². The molecule has 108 valence electrons. The average Bonchev–Trinajstić information content (AvgIpc) is 2.28. The van der Waals surface area contributed by atoms with Crippen LogP contribution >= 0.6 is 0 Å². The first-order valence-electron chi connectivity index (χ1n) is 6.12. The van der Waals surface area contributed by atoms with Crippen molar-refractivity contribution in [2.45, 2.75) is 11.9 Å². The molecule has 1 unspecified atom stereocenters. The van der Waals surface area contributed by atoms with E-state index in [1.807, 2.05) is 37.2 Å². The fourth-order valence-corrected chi connectivity index (χ4v) is 3.02. The summed E-state index contributed by atoms with van der Waals surface area (Å²) in [7, 11) is 1.78. The van der Waals surface area contributed by atoms with Gasteiger partial charge < -0.3 is 10.0 Å². The van der Waals surface area contributed by atoms with Crippen LogP contribution in [0.5, 0.6) is 0 Å². The quantitative estimate of drug-likeness (QED) is 0.787. The van der Waals surface area contributed by atoms with Gasteiger partial charge in [-0.15, -0.1) is 0 Å². The molecule has 0 saturated heterocycles. The molecule has 1 rings (SSSR count). The van der Waals surface area contributed by atoms with Crippen LogP contribution in [0.15, 0.2) is 30.3 Å². The number of benzene rings is 1. The predicted molar refractivity (Wildman–Crippen MR) is 76.3 cm³/mol. The topological polar surface area (TPSA) is 60.9 Å². The van der Waals surface area contributed by atoms with Gasteiger partial charge in [-0.3, -0.25) is 0 Å². The molecule has 0 aliphatic rings. The summed E-state index contributed by atoms with van der Waals surface area (Å²) >= 11 is 0. The molecule has 0 saturated carbocycles. The minimum absolute atomic E-state index is 0.0426. The van der Waals surface area contributed by atoms with E-state index < -0.39 is 16.1 Å². The number of hydrogen-bond donors (Lipinski definition) is 1. The van der Waals surface area contributed by atoms with Crippen LogP contribution < -0.4 is 0 Å². The second-order valence-corrected chi connectivity index (χ2v) is 7.01. The second kappa shape index (κ2) is 7.00. The van der Waals surface area contributed by atoms with E-state index >= 15 is 0 Å². The van der Waals surface area contributed by atoms with E-state index in [-0.39, 0.29) is 12.3 Å². The summed E-state index contributed by atoms with van der Waals surface area (Å²) in [6.45, 7) is 0.540. The van der Waals surface area contributed by atoms with Crippen molar-refractivity contribution in [1.82, 2.24) is 9.21 Å². The number of hydrogen-bond acceptors (Lipinski definition) is 4. The van der Waals surface area contributed by atoms with Crippen molar-refractivity contribution in [1.29, 1.82) is 0 Å². The Hall–Kier alpha value is -0.950. The van der Waals surface area contributed by atoms with Gasteiger partial charge in [0, 0.05) is 20.1 Å². The summed E-state index contributed by atoms with van der Waals surface area (Å²) in [6, 6.07) is 9.03. The van der Waals surface area contributed by atoms with Crippen molar-refractivity contribution < 1.29 is 13.5 Å². The number of sulfonamides is 1. The molecule has 0 bridgehead atoms. The first kappa shape index (κ1) is 16.1. The van der Waals surface area contributed by atoms with Crippen molar-refractivity contribution in [3.05, 3.63) is 35.9 Å². The minimum Gasteiger partial charge on any atom is -0.390 e. The van der Waals surface area contributed by atoms with Gasteiger partial charge in [0.2, 0.25) is 10.0 Å². The van der Waals surface area contributed by atoms with Gasteiger partial charge in [-0.2, -0.15) is 0 Å². The zero-order valence-electron chi connectivity index (χ0n) is 11.7. The average molecular weight is 286 g/mol. The Bertz CT molecular complexity index is 474. The molecule has 1 atom stereocenters. The van der Waals surface area contributed by atoms with Crippen LogP contribution in [0.4, 0.5) is 0 Å². The van der Waals surface area contributed by atoms with Crippen LogP contribution in [0.3, 0.4) is 0 Å². The molecule has 0 spiro atoms. The summed E-state index contributed by atoms with van der Waals surface area (Å²) in [6.07, 6.45) is -0.689. The third kappa shape index (κ3) is 5.69. The van der Waals surface area contributed by atoms with Crippen molar-refractivity contribution in [3.63, 3.8) is 0 Å². The minimum atomic E-state index is -3.39. The van der Waals surface area contributed by atoms with E-state index in [0.29, 0.717) is 6.54 Å². The molecule has 19 heavy (non-hydrogen) atoms. The molecule has 0 aliphatic carbocycles. The lowest BCUT2D eigenvalue weighted by Crippen LogP contribution is -2.39. The Balaban J connectivity index is 2.62. The molecule has 0 radical (unpaired) electrons. The summed E-state index contributed by atoms with van der Waals surface area (Å²) in [5, 5.41) is 9.77. The monoisotopic (exact) mass is 286 g/mol. The van der Waals surface area contributed by atoms with Gasteiger partial charge in [0.25, 0.3) is 0 Å². The van der Waals surface area contributed by atoms with Gasteiger partial charge in [-0.25, -0.2) is 12.7 Å². The summed E-state index contributed by atoms with van der Waals surface area (Å²) < 4.78 is 25.5. The summed E-state index contributed by atoms with van der Waals surface area (Å²) in [5.74, 6) is -0.0426. The number of likely N-dealkylation sites (N-methyl/N-ethyl adjacent to an activating group) is 2. The fraction of sp³-hybridized carbons (Fsp3) is 0.538. The highest BCUT2D eigenvalue weighted by atomic mass is 32.2. The molecule has 0 amide bonds. The van der Waals surface area contributed by atoms with Gasteiger partial charge in [0.15, 0.2) is 0 Å². The first-order valence-corrected chi connectivity index (χ1v) is 7.73. The Labute approximate surface area is 115 Å². The maximum atomic E-state index is 12.1. The van der Waals surface area contributed by atoms with E-state index in [4.69, 9.17) is 0 Å². The Morgan fingerprint density at radius 1 is 1.11 bits per heavy atom. The Morgan fingerprint density at radius 2 is 1.68 bits per heavy atom. The molecule has 0 aliphatic heterocycles. The van der Waals surface area contributed by atoms with Crippen LogP contribution in [0.25, 0.3) is 0 Å². The van der Waals surface area contributed by atoms with Crippen molar-refractivity contribution in [2.24, 2.45) is 0 Å². The lowest BCUT2D eigenvalue weighted by Gasteiger charge is -2.22. The standard InChI is InChI=1S/C13H22N2O3S/c1-14(2)9-13(16)10-15(3)19(17,18)11-12-7-5-4-6-8-12/h4-8,13,16H,9-11H2,1-3H3. The van der Waals surface area contributed by atoms with E-state index in [2.05, 4.69) is 0 Å². The Morgan fingerprint density at radius 3 is 2.21 bits per heavy atom. The summed E-state index contributed by atoms with van der Waals surface area (Å²) in [5.41, 5.74) is 0.747. The lowest BCUT2D eigenvalue weighted by molar-refractivity contribution is 0.120. The van der Waals surface area contributed by atoms with Crippen LogP contribution in [-0.4, -0.2) is 63.1 Å². The van der Waals surface area contributed by atoms with Crippen LogP contribution in [-0.2, 0) is 15.8 Å². The number of nitrogens with zero attached hydrogens (tertiary/aromatic N) is 2. The highest BCUT2D eigenvalue weighted by Gasteiger charge is 2.21. The smallest absolute Gasteiger partial charge is 0.218 e. The molecule has 0 fully saturated rings. The maximum Gasteiger partial charge on any atom is 0.218 e. The first-order chi connectivity index (χ1) is 8.81. The maximum absolute atomic E-state index is 12.1. The largest absolute Gasteiger partial charge is 0.390 e. The van der Waals surface area contributed by atoms with Crippen molar-refractivity contribution in [3.8, 4) is 0 Å². The third-order valence-electron chi connectivity index (χ3n) is 2.71. The second-order valence-electron chi connectivity index (χ2n) is 4.94. The van der Waals surface area contributed by atoms with Crippen LogP contribution in [0.1, 0.15) is 5.56 Å². The molecular weight excluding hydrogens is 264 g/mol. The Kier molecular flexibility index (Phi) is 5.93. The fourth-order valence-electron chi connectivity index (χ4n) is 1.78. The zero-order valence-corrected chi connectivity index (χ0v) is 12.5. The molecule has 6 heteroatoms. The van der Waals surface area contributed by atoms with Gasteiger partial charge >= 0.3 is 0 Å². The molecule has 5 nitrogen and oxygen atoms in total. The number of aliphatic hydroxyl groups is 1. The van der Waals surface area contributed by atoms with E-state index in [1.54, 1.807) is 12.1 Å².